The first-order chi connectivity index (χ1) is 10.4. The summed E-state index contributed by atoms with van der Waals surface area (Å²) in [6.07, 6.45) is -12.8. The van der Waals surface area contributed by atoms with E-state index in [1.165, 1.54) is 0 Å². The van der Waals surface area contributed by atoms with Crippen molar-refractivity contribution in [3.8, 4) is 0 Å². The van der Waals surface area contributed by atoms with E-state index in [1.807, 2.05) is 0 Å². The maximum atomic E-state index is 9.98. The summed E-state index contributed by atoms with van der Waals surface area (Å²) in [5, 5.41) is 87.6. The zero-order valence-corrected chi connectivity index (χ0v) is 14.2. The second-order valence-corrected chi connectivity index (χ2v) is 4.04. The van der Waals surface area contributed by atoms with Crippen molar-refractivity contribution >= 4 is 55.6 Å². The molecular weight excluding hydrogens is 368 g/mol. The fraction of sp³-hybridized carbons (Fsp3) is 0.700. The second-order valence-electron chi connectivity index (χ2n) is 4.04. The number of hydrogen-bond donors (Lipinski definition) is 8. The molecule has 0 aliphatic heterocycles. The quantitative estimate of drug-likeness (QED) is 0.181. The Labute approximate surface area is 164 Å². The van der Waals surface area contributed by atoms with Crippen LogP contribution in [0.25, 0.3) is 0 Å². The number of carboxylic acid groups (broad SMARTS) is 3. The molecule has 0 rings (SSSR count). The maximum absolute atomic E-state index is 9.98. The van der Waals surface area contributed by atoms with E-state index in [4.69, 9.17) is 40.9 Å². The SMILES string of the molecule is O=C([O-])C(O)C(O)C(=O)O.O=C([O-])[C@H](O)[C@@H](O)[C@H](O)[C@H](O)CO.[Ca+2]. The third-order valence-corrected chi connectivity index (χ3v) is 2.29. The molecule has 0 aromatic carbocycles. The Hall–Kier alpha value is -0.610. The molecule has 14 heteroatoms. The fourth-order valence-electron chi connectivity index (χ4n) is 0.926. The summed E-state index contributed by atoms with van der Waals surface area (Å²) in [6, 6.07) is 0. The van der Waals surface area contributed by atoms with Crippen molar-refractivity contribution in [3.05, 3.63) is 0 Å². The van der Waals surface area contributed by atoms with Gasteiger partial charge in [0.2, 0.25) is 0 Å². The molecular formula is C10H16CaO13. The van der Waals surface area contributed by atoms with Gasteiger partial charge in [-0.3, -0.25) is 0 Å². The Morgan fingerprint density at radius 1 is 0.750 bits per heavy atom. The molecule has 2 unspecified atom stereocenters. The monoisotopic (exact) mass is 384 g/mol. The van der Waals surface area contributed by atoms with E-state index in [2.05, 4.69) is 0 Å². The van der Waals surface area contributed by atoms with Gasteiger partial charge in [-0.15, -0.1) is 0 Å². The van der Waals surface area contributed by atoms with Crippen LogP contribution in [0, 0.1) is 0 Å². The van der Waals surface area contributed by atoms with Gasteiger partial charge in [0.1, 0.15) is 30.5 Å². The van der Waals surface area contributed by atoms with Crippen LogP contribution in [0.5, 0.6) is 0 Å². The van der Waals surface area contributed by atoms with Gasteiger partial charge in [-0.1, -0.05) is 0 Å². The van der Waals surface area contributed by atoms with Crippen molar-refractivity contribution in [2.24, 2.45) is 0 Å². The number of aliphatic carboxylic acids is 3. The van der Waals surface area contributed by atoms with Gasteiger partial charge in [-0.2, -0.15) is 0 Å². The standard InChI is InChI=1S/C6H12O7.C4H6O6.Ca/c7-1-2(8)3(9)4(10)5(11)6(12)13;5-1(3(7)8)2(6)4(9)10;/h2-5,7-11H,1H2,(H,12,13);1-2,5-6H,(H,7,8)(H,9,10);/q;;+2/p-2/t2-,3-,4+,5-;;/m1../s1. The van der Waals surface area contributed by atoms with E-state index in [9.17, 15) is 24.6 Å². The van der Waals surface area contributed by atoms with E-state index in [1.54, 1.807) is 0 Å². The Kier molecular flexibility index (Phi) is 16.0. The first kappa shape index (κ1) is 28.2. The predicted octanol–water partition coefficient (Wildman–Crippen LogP) is -8.67. The molecule has 0 spiro atoms. The van der Waals surface area contributed by atoms with Gasteiger partial charge in [0.15, 0.2) is 6.10 Å². The number of carboxylic acids is 3. The van der Waals surface area contributed by atoms with E-state index in [0.29, 0.717) is 0 Å². The second kappa shape index (κ2) is 13.7. The first-order valence-corrected chi connectivity index (χ1v) is 5.72. The van der Waals surface area contributed by atoms with Crippen molar-refractivity contribution in [2.75, 3.05) is 6.61 Å². The van der Waals surface area contributed by atoms with Gasteiger partial charge in [0.25, 0.3) is 0 Å². The van der Waals surface area contributed by atoms with Gasteiger partial charge in [-0.05, 0) is 0 Å². The zero-order chi connectivity index (χ0) is 18.9. The molecule has 6 atom stereocenters. The summed E-state index contributed by atoms with van der Waals surface area (Å²) < 4.78 is 0. The third kappa shape index (κ3) is 10.3. The number of aliphatic hydroxyl groups excluding tert-OH is 7. The van der Waals surface area contributed by atoms with E-state index >= 15 is 0 Å². The minimum Gasteiger partial charge on any atom is -0.547 e. The molecule has 0 bridgehead atoms. The third-order valence-electron chi connectivity index (χ3n) is 2.29. The maximum Gasteiger partial charge on any atom is 2.00 e. The minimum absolute atomic E-state index is 0. The van der Waals surface area contributed by atoms with E-state index in [-0.39, 0.29) is 37.7 Å². The molecule has 0 saturated carbocycles. The Morgan fingerprint density at radius 3 is 1.33 bits per heavy atom. The summed E-state index contributed by atoms with van der Waals surface area (Å²) in [6.45, 7) is -0.863. The molecule has 0 aliphatic carbocycles. The Bertz CT molecular complexity index is 384. The van der Waals surface area contributed by atoms with Crippen molar-refractivity contribution in [3.63, 3.8) is 0 Å². The van der Waals surface area contributed by atoms with Crippen molar-refractivity contribution in [2.45, 2.75) is 36.6 Å². The molecule has 0 heterocycles. The van der Waals surface area contributed by atoms with Gasteiger partial charge in [-0.25, -0.2) is 4.79 Å². The van der Waals surface area contributed by atoms with Crippen LogP contribution in [0.3, 0.4) is 0 Å². The van der Waals surface area contributed by atoms with Gasteiger partial charge in [0, 0.05) is 0 Å². The number of hydrogen-bond acceptors (Lipinski definition) is 12. The van der Waals surface area contributed by atoms with Crippen molar-refractivity contribution < 1.29 is 65.4 Å². The summed E-state index contributed by atoms with van der Waals surface area (Å²) in [5.74, 6) is -5.80. The smallest absolute Gasteiger partial charge is 0.547 e. The number of aliphatic hydroxyl groups is 7. The first-order valence-electron chi connectivity index (χ1n) is 5.72. The molecule has 0 amide bonds. The van der Waals surface area contributed by atoms with Gasteiger partial charge in [0.05, 0.1) is 18.5 Å². The van der Waals surface area contributed by atoms with E-state index in [0.717, 1.165) is 0 Å². The molecule has 0 saturated heterocycles. The summed E-state index contributed by atoms with van der Waals surface area (Å²) in [4.78, 5) is 29.4. The number of rotatable bonds is 8. The van der Waals surface area contributed by atoms with Crippen LogP contribution in [0.2, 0.25) is 0 Å². The molecule has 0 aromatic heterocycles. The van der Waals surface area contributed by atoms with Crippen molar-refractivity contribution in [1.82, 2.24) is 0 Å². The molecule has 0 aliphatic rings. The zero-order valence-electron chi connectivity index (χ0n) is 12.0. The molecule has 0 radical (unpaired) electrons. The largest absolute Gasteiger partial charge is 2.00 e. The topological polar surface area (TPSA) is 259 Å². The normalized spacial score (nSPS) is 17.6. The van der Waals surface area contributed by atoms with Crippen LogP contribution in [0.15, 0.2) is 0 Å². The summed E-state index contributed by atoms with van der Waals surface area (Å²) in [5.41, 5.74) is 0. The molecule has 24 heavy (non-hydrogen) atoms. The van der Waals surface area contributed by atoms with Crippen LogP contribution < -0.4 is 10.2 Å². The molecule has 136 valence electrons. The predicted molar refractivity (Wildman–Crippen MR) is 66.5 cm³/mol. The number of carbonyl (C=O) groups excluding carboxylic acids is 2. The Morgan fingerprint density at radius 2 is 1.12 bits per heavy atom. The van der Waals surface area contributed by atoms with Gasteiger partial charge >= 0.3 is 43.7 Å². The molecule has 0 aromatic rings. The summed E-state index contributed by atoms with van der Waals surface area (Å²) >= 11 is 0. The number of carbonyl (C=O) groups is 3. The summed E-state index contributed by atoms with van der Waals surface area (Å²) in [7, 11) is 0. The van der Waals surface area contributed by atoms with Crippen LogP contribution in [0.1, 0.15) is 0 Å². The van der Waals surface area contributed by atoms with Crippen LogP contribution in [-0.4, -0.2) is 140 Å². The average molecular weight is 384 g/mol. The molecule has 13 nitrogen and oxygen atoms in total. The van der Waals surface area contributed by atoms with Crippen LogP contribution >= 0.6 is 0 Å². The Balaban J connectivity index is -0.000000364. The van der Waals surface area contributed by atoms with E-state index < -0.39 is 61.1 Å². The molecule has 0 fully saturated rings. The minimum atomic E-state index is -2.38. The van der Waals surface area contributed by atoms with Crippen LogP contribution in [0.4, 0.5) is 0 Å². The van der Waals surface area contributed by atoms with Crippen LogP contribution in [-0.2, 0) is 14.4 Å². The molecule has 8 N–H and O–H groups in total. The van der Waals surface area contributed by atoms with Gasteiger partial charge < -0.3 is 60.7 Å². The van der Waals surface area contributed by atoms with Crippen molar-refractivity contribution in [1.29, 1.82) is 0 Å². The average Bonchev–Trinajstić information content (AvgIpc) is 2.50. The fourth-order valence-corrected chi connectivity index (χ4v) is 0.926.